The molecule has 6 heteroatoms. The highest BCUT2D eigenvalue weighted by molar-refractivity contribution is 6.05. The fourth-order valence-electron chi connectivity index (χ4n) is 1.76. The zero-order valence-electron chi connectivity index (χ0n) is 9.80. The number of nitrogens with zero attached hydrogens (tertiary/aromatic N) is 3. The molecular formula is C11H14N4O2. The molecule has 1 fully saturated rings. The summed E-state index contributed by atoms with van der Waals surface area (Å²) in [5, 5.41) is 10.1. The number of carbonyl (C=O) groups is 2. The maximum absolute atomic E-state index is 11.7. The van der Waals surface area contributed by atoms with Crippen LogP contribution in [0.15, 0.2) is 12.3 Å². The molecule has 1 aliphatic heterocycles. The van der Waals surface area contributed by atoms with Crippen molar-refractivity contribution in [1.29, 1.82) is 0 Å². The van der Waals surface area contributed by atoms with E-state index >= 15 is 0 Å². The van der Waals surface area contributed by atoms with E-state index in [2.05, 4.69) is 15.5 Å². The van der Waals surface area contributed by atoms with Crippen molar-refractivity contribution in [2.45, 2.75) is 26.2 Å². The van der Waals surface area contributed by atoms with E-state index < -0.39 is 6.03 Å². The average Bonchev–Trinajstić information content (AvgIpc) is 2.29. The molecule has 0 spiro atoms. The Morgan fingerprint density at radius 2 is 2.18 bits per heavy atom. The first-order valence-corrected chi connectivity index (χ1v) is 5.52. The molecule has 1 aromatic heterocycles. The third kappa shape index (κ3) is 2.25. The normalized spacial score (nSPS) is 16.3. The molecule has 3 amide bonds. The second-order valence-corrected chi connectivity index (χ2v) is 4.22. The van der Waals surface area contributed by atoms with Crippen LogP contribution in [0.1, 0.15) is 31.7 Å². The SMILES string of the molecule is CC(C)c1ccnnc1N1CCC(=O)NC1=O. The summed E-state index contributed by atoms with van der Waals surface area (Å²) in [5.74, 6) is 0.527. The lowest BCUT2D eigenvalue weighted by molar-refractivity contribution is -0.120. The van der Waals surface area contributed by atoms with E-state index in [0.29, 0.717) is 18.8 Å². The zero-order chi connectivity index (χ0) is 12.4. The van der Waals surface area contributed by atoms with E-state index in [1.165, 1.54) is 4.90 Å². The highest BCUT2D eigenvalue weighted by Crippen LogP contribution is 2.25. The third-order valence-corrected chi connectivity index (χ3v) is 2.66. The van der Waals surface area contributed by atoms with Crippen LogP contribution in [0.3, 0.4) is 0 Å². The minimum Gasteiger partial charge on any atom is -0.278 e. The second kappa shape index (κ2) is 4.48. The highest BCUT2D eigenvalue weighted by Gasteiger charge is 2.27. The molecule has 1 N–H and O–H groups in total. The number of rotatable bonds is 2. The molecule has 0 saturated carbocycles. The molecule has 0 unspecified atom stereocenters. The van der Waals surface area contributed by atoms with Crippen LogP contribution < -0.4 is 10.2 Å². The lowest BCUT2D eigenvalue weighted by Crippen LogP contribution is -2.50. The maximum atomic E-state index is 11.7. The van der Waals surface area contributed by atoms with Gasteiger partial charge in [-0.2, -0.15) is 5.10 Å². The Morgan fingerprint density at radius 1 is 1.41 bits per heavy atom. The largest absolute Gasteiger partial charge is 0.329 e. The Labute approximate surface area is 99.0 Å². The summed E-state index contributed by atoms with van der Waals surface area (Å²) in [6.45, 7) is 4.39. The molecule has 0 atom stereocenters. The molecule has 2 heterocycles. The van der Waals surface area contributed by atoms with Crippen LogP contribution in [0, 0.1) is 0 Å². The number of urea groups is 1. The minimum absolute atomic E-state index is 0.242. The first-order chi connectivity index (χ1) is 8.09. The number of nitrogens with one attached hydrogen (secondary N) is 1. The molecule has 17 heavy (non-hydrogen) atoms. The molecule has 0 bridgehead atoms. The van der Waals surface area contributed by atoms with Crippen molar-refractivity contribution in [2.24, 2.45) is 0 Å². The predicted octanol–water partition coefficient (Wildman–Crippen LogP) is 1.05. The van der Waals surface area contributed by atoms with Gasteiger partial charge in [0.2, 0.25) is 5.91 Å². The number of aromatic nitrogens is 2. The summed E-state index contributed by atoms with van der Waals surface area (Å²) in [7, 11) is 0. The van der Waals surface area contributed by atoms with Crippen LogP contribution in [0.5, 0.6) is 0 Å². The van der Waals surface area contributed by atoms with Gasteiger partial charge in [-0.3, -0.25) is 15.0 Å². The molecule has 1 aromatic rings. The summed E-state index contributed by atoms with van der Waals surface area (Å²) < 4.78 is 0. The van der Waals surface area contributed by atoms with Gasteiger partial charge >= 0.3 is 6.03 Å². The minimum atomic E-state index is -0.427. The number of imide groups is 1. The van der Waals surface area contributed by atoms with Gasteiger partial charge in [-0.15, -0.1) is 5.10 Å². The highest BCUT2D eigenvalue weighted by atomic mass is 16.2. The summed E-state index contributed by atoms with van der Waals surface area (Å²) in [6.07, 6.45) is 1.89. The van der Waals surface area contributed by atoms with E-state index in [4.69, 9.17) is 0 Å². The molecule has 1 aliphatic rings. The number of hydrogen-bond donors (Lipinski definition) is 1. The predicted molar refractivity (Wildman–Crippen MR) is 61.6 cm³/mol. The van der Waals surface area contributed by atoms with Crippen molar-refractivity contribution in [1.82, 2.24) is 15.5 Å². The van der Waals surface area contributed by atoms with E-state index in [-0.39, 0.29) is 11.8 Å². The van der Waals surface area contributed by atoms with E-state index in [0.717, 1.165) is 5.56 Å². The molecular weight excluding hydrogens is 220 g/mol. The van der Waals surface area contributed by atoms with Crippen molar-refractivity contribution >= 4 is 17.8 Å². The molecule has 0 aliphatic carbocycles. The summed E-state index contributed by atoms with van der Waals surface area (Å²) in [4.78, 5) is 24.2. The van der Waals surface area contributed by atoms with Crippen molar-refractivity contribution in [3.63, 3.8) is 0 Å². The first kappa shape index (κ1) is 11.5. The Morgan fingerprint density at radius 3 is 2.82 bits per heavy atom. The van der Waals surface area contributed by atoms with Gasteiger partial charge in [-0.25, -0.2) is 4.79 Å². The summed E-state index contributed by atoms with van der Waals surface area (Å²) in [5.41, 5.74) is 0.949. The second-order valence-electron chi connectivity index (χ2n) is 4.22. The number of carbonyl (C=O) groups excluding carboxylic acids is 2. The van der Waals surface area contributed by atoms with Gasteiger partial charge in [0.15, 0.2) is 5.82 Å². The fourth-order valence-corrected chi connectivity index (χ4v) is 1.76. The number of anilines is 1. The third-order valence-electron chi connectivity index (χ3n) is 2.66. The molecule has 90 valence electrons. The molecule has 6 nitrogen and oxygen atoms in total. The van der Waals surface area contributed by atoms with Gasteiger partial charge in [-0.1, -0.05) is 13.8 Å². The van der Waals surface area contributed by atoms with Crippen LogP contribution in [-0.4, -0.2) is 28.7 Å². The van der Waals surface area contributed by atoms with E-state index in [1.54, 1.807) is 6.20 Å². The number of hydrogen-bond acceptors (Lipinski definition) is 4. The lowest BCUT2D eigenvalue weighted by atomic mass is 10.0. The van der Waals surface area contributed by atoms with Crippen LogP contribution in [0.4, 0.5) is 10.6 Å². The van der Waals surface area contributed by atoms with Gasteiger partial charge in [0.25, 0.3) is 0 Å². The van der Waals surface area contributed by atoms with E-state index in [1.807, 2.05) is 19.9 Å². The standard InChI is InChI=1S/C11H14N4O2/c1-7(2)8-3-5-12-14-10(8)15-6-4-9(16)13-11(15)17/h3,5,7H,4,6H2,1-2H3,(H,13,16,17). The van der Waals surface area contributed by atoms with Crippen molar-refractivity contribution in [2.75, 3.05) is 11.4 Å². The van der Waals surface area contributed by atoms with Gasteiger partial charge in [0, 0.05) is 18.5 Å². The Hall–Kier alpha value is -1.98. The molecule has 0 radical (unpaired) electrons. The zero-order valence-corrected chi connectivity index (χ0v) is 9.80. The summed E-state index contributed by atoms with van der Waals surface area (Å²) in [6, 6.07) is 1.42. The van der Waals surface area contributed by atoms with Crippen molar-refractivity contribution in [3.8, 4) is 0 Å². The topological polar surface area (TPSA) is 75.2 Å². The Kier molecular flexibility index (Phi) is 3.03. The van der Waals surface area contributed by atoms with Crippen molar-refractivity contribution < 1.29 is 9.59 Å². The quantitative estimate of drug-likeness (QED) is 0.829. The van der Waals surface area contributed by atoms with E-state index in [9.17, 15) is 9.59 Å². The van der Waals surface area contributed by atoms with Gasteiger partial charge < -0.3 is 0 Å². The van der Waals surface area contributed by atoms with Crippen LogP contribution in [0.2, 0.25) is 0 Å². The maximum Gasteiger partial charge on any atom is 0.329 e. The molecule has 2 rings (SSSR count). The van der Waals surface area contributed by atoms with Crippen LogP contribution in [0.25, 0.3) is 0 Å². The fraction of sp³-hybridized carbons (Fsp3) is 0.455. The Balaban J connectivity index is 2.34. The monoisotopic (exact) mass is 234 g/mol. The lowest BCUT2D eigenvalue weighted by Gasteiger charge is -2.27. The average molecular weight is 234 g/mol. The van der Waals surface area contributed by atoms with Crippen LogP contribution in [-0.2, 0) is 4.79 Å². The van der Waals surface area contributed by atoms with Crippen molar-refractivity contribution in [3.05, 3.63) is 17.8 Å². The van der Waals surface area contributed by atoms with Gasteiger partial charge in [-0.05, 0) is 12.0 Å². The van der Waals surface area contributed by atoms with Gasteiger partial charge in [0.1, 0.15) is 0 Å². The Bertz CT molecular complexity index is 459. The smallest absolute Gasteiger partial charge is 0.278 e. The number of amides is 3. The molecule has 1 saturated heterocycles. The van der Waals surface area contributed by atoms with Gasteiger partial charge in [0.05, 0.1) is 6.20 Å². The molecule has 0 aromatic carbocycles. The van der Waals surface area contributed by atoms with Crippen LogP contribution >= 0.6 is 0 Å². The summed E-state index contributed by atoms with van der Waals surface area (Å²) >= 11 is 0. The first-order valence-electron chi connectivity index (χ1n) is 5.52.